The molecule has 0 atom stereocenters. The lowest BCUT2D eigenvalue weighted by Crippen LogP contribution is -2.03. The average molecular weight is 317 g/mol. The zero-order valence-corrected chi connectivity index (χ0v) is 11.4. The maximum absolute atomic E-state index is 13.3. The van der Waals surface area contributed by atoms with Crippen LogP contribution in [0.4, 0.5) is 4.39 Å². The number of carboxylic acids is 1. The highest BCUT2D eigenvalue weighted by Crippen LogP contribution is 2.36. The van der Waals surface area contributed by atoms with Crippen molar-refractivity contribution in [2.75, 3.05) is 0 Å². The van der Waals surface area contributed by atoms with Crippen molar-refractivity contribution in [1.29, 1.82) is 0 Å². The largest absolute Gasteiger partial charge is 0.489 e. The molecule has 2 rings (SSSR count). The van der Waals surface area contributed by atoms with Gasteiger partial charge < -0.3 is 9.84 Å². The summed E-state index contributed by atoms with van der Waals surface area (Å²) in [5.74, 6) is -0.519. The second-order valence-electron chi connectivity index (χ2n) is 4.44. The van der Waals surface area contributed by atoms with E-state index in [2.05, 4.69) is 15.9 Å². The van der Waals surface area contributed by atoms with Gasteiger partial charge in [-0.3, -0.25) is 4.79 Å². The first-order valence-corrected chi connectivity index (χ1v) is 6.72. The lowest BCUT2D eigenvalue weighted by atomic mass is 10.1. The van der Waals surface area contributed by atoms with Gasteiger partial charge in [0.2, 0.25) is 0 Å². The molecule has 1 aromatic rings. The summed E-state index contributed by atoms with van der Waals surface area (Å²) < 4.78 is 19.7. The van der Waals surface area contributed by atoms with Gasteiger partial charge in [0.05, 0.1) is 10.6 Å². The lowest BCUT2D eigenvalue weighted by Gasteiger charge is -2.13. The predicted molar refractivity (Wildman–Crippen MR) is 68.3 cm³/mol. The molecule has 0 radical (unpaired) electrons. The van der Waals surface area contributed by atoms with E-state index in [1.54, 1.807) is 0 Å². The summed E-state index contributed by atoms with van der Waals surface area (Å²) in [6.07, 6.45) is 3.34. The Morgan fingerprint density at radius 2 is 2.22 bits per heavy atom. The number of aryl methyl sites for hydroxylation is 1. The number of rotatable bonds is 6. The minimum absolute atomic E-state index is 0.0804. The van der Waals surface area contributed by atoms with Crippen LogP contribution in [0, 0.1) is 5.82 Å². The van der Waals surface area contributed by atoms with E-state index >= 15 is 0 Å². The third-order valence-electron chi connectivity index (χ3n) is 2.73. The van der Waals surface area contributed by atoms with Crippen LogP contribution in [0.3, 0.4) is 0 Å². The SMILES string of the molecule is O=C(O)CCCc1cc(F)cc(Br)c1OC1CC1. The van der Waals surface area contributed by atoms with E-state index in [0.29, 0.717) is 23.1 Å². The number of halogens is 2. The van der Waals surface area contributed by atoms with E-state index in [9.17, 15) is 9.18 Å². The van der Waals surface area contributed by atoms with E-state index in [0.717, 1.165) is 18.4 Å². The average Bonchev–Trinajstić information content (AvgIpc) is 3.06. The molecule has 0 aliphatic heterocycles. The molecule has 0 spiro atoms. The highest BCUT2D eigenvalue weighted by Gasteiger charge is 2.26. The highest BCUT2D eigenvalue weighted by atomic mass is 79.9. The van der Waals surface area contributed by atoms with Crippen LogP contribution in [-0.4, -0.2) is 17.2 Å². The van der Waals surface area contributed by atoms with Gasteiger partial charge in [-0.05, 0) is 59.3 Å². The van der Waals surface area contributed by atoms with Gasteiger partial charge in [-0.15, -0.1) is 0 Å². The normalized spacial score (nSPS) is 14.6. The van der Waals surface area contributed by atoms with Crippen molar-refractivity contribution in [3.05, 3.63) is 28.0 Å². The minimum atomic E-state index is -0.838. The number of hydrogen-bond donors (Lipinski definition) is 1. The summed E-state index contributed by atoms with van der Waals surface area (Å²) in [6.45, 7) is 0. The Morgan fingerprint density at radius 1 is 1.50 bits per heavy atom. The van der Waals surface area contributed by atoms with E-state index in [-0.39, 0.29) is 18.3 Å². The van der Waals surface area contributed by atoms with E-state index in [1.165, 1.54) is 12.1 Å². The van der Waals surface area contributed by atoms with Crippen LogP contribution in [0.5, 0.6) is 5.75 Å². The standard InChI is InChI=1S/C13H14BrFO3/c14-11-7-9(15)6-8(2-1-3-12(16)17)13(11)18-10-4-5-10/h6-7,10H,1-5H2,(H,16,17). The van der Waals surface area contributed by atoms with Crippen LogP contribution in [0.25, 0.3) is 0 Å². The van der Waals surface area contributed by atoms with Crippen molar-refractivity contribution < 1.29 is 19.0 Å². The molecule has 0 unspecified atom stereocenters. The molecule has 1 aliphatic rings. The van der Waals surface area contributed by atoms with Gasteiger partial charge in [0.25, 0.3) is 0 Å². The molecule has 0 bridgehead atoms. The Kier molecular flexibility index (Phi) is 4.22. The smallest absolute Gasteiger partial charge is 0.303 e. The molecular formula is C13H14BrFO3. The van der Waals surface area contributed by atoms with Gasteiger partial charge in [0.15, 0.2) is 0 Å². The molecule has 98 valence electrons. The Balaban J connectivity index is 2.11. The van der Waals surface area contributed by atoms with Crippen molar-refractivity contribution in [3.63, 3.8) is 0 Å². The molecule has 0 saturated heterocycles. The van der Waals surface area contributed by atoms with Crippen molar-refractivity contribution in [2.45, 2.75) is 38.2 Å². The summed E-state index contributed by atoms with van der Waals surface area (Å²) in [6, 6.07) is 2.79. The summed E-state index contributed by atoms with van der Waals surface area (Å²) >= 11 is 3.29. The predicted octanol–water partition coefficient (Wildman–Crippen LogP) is 3.54. The number of ether oxygens (including phenoxy) is 1. The van der Waals surface area contributed by atoms with Crippen LogP contribution in [-0.2, 0) is 11.2 Å². The molecule has 5 heteroatoms. The summed E-state index contributed by atoms with van der Waals surface area (Å²) in [5.41, 5.74) is 0.732. The molecule has 0 heterocycles. The Hall–Kier alpha value is -1.10. The number of aliphatic carboxylic acids is 1. The monoisotopic (exact) mass is 316 g/mol. The highest BCUT2D eigenvalue weighted by molar-refractivity contribution is 9.10. The maximum Gasteiger partial charge on any atom is 0.303 e. The van der Waals surface area contributed by atoms with Gasteiger partial charge in [0.1, 0.15) is 11.6 Å². The van der Waals surface area contributed by atoms with Crippen LogP contribution < -0.4 is 4.74 Å². The second-order valence-corrected chi connectivity index (χ2v) is 5.29. The van der Waals surface area contributed by atoms with Gasteiger partial charge in [0, 0.05) is 6.42 Å². The molecule has 18 heavy (non-hydrogen) atoms. The molecule has 1 aromatic carbocycles. The molecule has 0 aromatic heterocycles. The molecule has 1 saturated carbocycles. The minimum Gasteiger partial charge on any atom is -0.489 e. The fourth-order valence-electron chi connectivity index (χ4n) is 1.71. The van der Waals surface area contributed by atoms with Crippen LogP contribution in [0.15, 0.2) is 16.6 Å². The third kappa shape index (κ3) is 3.70. The van der Waals surface area contributed by atoms with Crippen LogP contribution in [0.2, 0.25) is 0 Å². The van der Waals surface area contributed by atoms with Crippen molar-refractivity contribution in [2.24, 2.45) is 0 Å². The molecule has 1 fully saturated rings. The summed E-state index contributed by atoms with van der Waals surface area (Å²) in [5, 5.41) is 8.61. The number of carbonyl (C=O) groups is 1. The topological polar surface area (TPSA) is 46.5 Å². The molecule has 0 amide bonds. The van der Waals surface area contributed by atoms with Gasteiger partial charge in [-0.25, -0.2) is 4.39 Å². The summed E-state index contributed by atoms with van der Waals surface area (Å²) in [4.78, 5) is 10.5. The van der Waals surface area contributed by atoms with Crippen LogP contribution in [0.1, 0.15) is 31.2 Å². The molecule has 3 nitrogen and oxygen atoms in total. The Morgan fingerprint density at radius 3 is 2.83 bits per heavy atom. The van der Waals surface area contributed by atoms with Gasteiger partial charge >= 0.3 is 5.97 Å². The van der Waals surface area contributed by atoms with Crippen molar-refractivity contribution in [1.82, 2.24) is 0 Å². The van der Waals surface area contributed by atoms with Crippen LogP contribution >= 0.6 is 15.9 Å². The fourth-order valence-corrected chi connectivity index (χ4v) is 2.28. The quantitative estimate of drug-likeness (QED) is 0.873. The first-order chi connectivity index (χ1) is 8.56. The first kappa shape index (κ1) is 13.3. The number of carboxylic acid groups (broad SMARTS) is 1. The van der Waals surface area contributed by atoms with Crippen molar-refractivity contribution in [3.8, 4) is 5.75 Å². The summed E-state index contributed by atoms with van der Waals surface area (Å²) in [7, 11) is 0. The Bertz CT molecular complexity index is 458. The Labute approximate surface area is 113 Å². The van der Waals surface area contributed by atoms with Gasteiger partial charge in [-0.1, -0.05) is 0 Å². The van der Waals surface area contributed by atoms with E-state index in [1.807, 2.05) is 0 Å². The van der Waals surface area contributed by atoms with E-state index in [4.69, 9.17) is 9.84 Å². The second kappa shape index (κ2) is 5.69. The fraction of sp³-hybridized carbons (Fsp3) is 0.462. The third-order valence-corrected chi connectivity index (χ3v) is 3.32. The van der Waals surface area contributed by atoms with Gasteiger partial charge in [-0.2, -0.15) is 0 Å². The molecular weight excluding hydrogens is 303 g/mol. The lowest BCUT2D eigenvalue weighted by molar-refractivity contribution is -0.137. The molecule has 1 N–H and O–H groups in total. The number of hydrogen-bond acceptors (Lipinski definition) is 2. The van der Waals surface area contributed by atoms with Crippen molar-refractivity contribution >= 4 is 21.9 Å². The maximum atomic E-state index is 13.3. The van der Waals surface area contributed by atoms with E-state index < -0.39 is 5.97 Å². The zero-order chi connectivity index (χ0) is 13.1. The molecule has 1 aliphatic carbocycles. The first-order valence-electron chi connectivity index (χ1n) is 5.92. The zero-order valence-electron chi connectivity index (χ0n) is 9.79. The number of benzene rings is 1.